The Morgan fingerprint density at radius 3 is 2.82 bits per heavy atom. The molecular weight excluding hydrogens is 150 g/mol. The maximum atomic E-state index is 11.7. The first-order chi connectivity index (χ1) is 5.18. The molecule has 1 rings (SSSR count). The second-order valence-electron chi connectivity index (χ2n) is 2.51. The summed E-state index contributed by atoms with van der Waals surface area (Å²) in [6.07, 6.45) is 5.06. The van der Waals surface area contributed by atoms with Crippen molar-refractivity contribution in [2.24, 2.45) is 0 Å². The van der Waals surface area contributed by atoms with Gasteiger partial charge in [0.25, 0.3) is 0 Å². The lowest BCUT2D eigenvalue weighted by Crippen LogP contribution is -2.00. The van der Waals surface area contributed by atoms with Gasteiger partial charge in [-0.1, -0.05) is 5.57 Å². The third-order valence-corrected chi connectivity index (χ3v) is 1.50. The van der Waals surface area contributed by atoms with E-state index in [-0.39, 0.29) is 0 Å². The van der Waals surface area contributed by atoms with Crippen LogP contribution in [0.25, 0.3) is 0 Å². The van der Waals surface area contributed by atoms with E-state index in [0.717, 1.165) is 18.4 Å². The molecule has 1 nitrogen and oxygen atoms in total. The fraction of sp³-hybridized carbons (Fsp3) is 0.500. The minimum atomic E-state index is -2.71. The molecule has 3 heteroatoms. The Kier molecular flexibility index (Phi) is 2.63. The highest BCUT2D eigenvalue weighted by Crippen LogP contribution is 2.18. The number of allylic oxidation sites excluding steroid dienone is 3. The zero-order valence-corrected chi connectivity index (χ0v) is 6.31. The summed E-state index contributed by atoms with van der Waals surface area (Å²) in [7, 11) is 0. The molecule has 11 heavy (non-hydrogen) atoms. The minimum Gasteiger partial charge on any atom is -0.435 e. The van der Waals surface area contributed by atoms with Gasteiger partial charge in [0.2, 0.25) is 0 Å². The van der Waals surface area contributed by atoms with E-state index in [1.807, 2.05) is 6.92 Å². The summed E-state index contributed by atoms with van der Waals surface area (Å²) in [5.41, 5.74) is 1.09. The molecule has 0 N–H and O–H groups in total. The Morgan fingerprint density at radius 1 is 1.55 bits per heavy atom. The molecular formula is C8H10F2O. The zero-order chi connectivity index (χ0) is 8.27. The average Bonchev–Trinajstić information content (AvgIpc) is 1.85. The molecule has 0 saturated carbocycles. The number of ether oxygens (including phenoxy) is 1. The van der Waals surface area contributed by atoms with Crippen LogP contribution >= 0.6 is 0 Å². The van der Waals surface area contributed by atoms with Crippen LogP contribution in [0.5, 0.6) is 0 Å². The van der Waals surface area contributed by atoms with Crippen LogP contribution in [-0.4, -0.2) is 6.61 Å². The lowest BCUT2D eigenvalue weighted by Gasteiger charge is -2.10. The van der Waals surface area contributed by atoms with Crippen LogP contribution in [-0.2, 0) is 4.74 Å². The van der Waals surface area contributed by atoms with Gasteiger partial charge in [0.15, 0.2) is 0 Å². The van der Waals surface area contributed by atoms with E-state index in [1.54, 1.807) is 12.2 Å². The Morgan fingerprint density at radius 2 is 2.27 bits per heavy atom. The molecule has 0 atom stereocenters. The van der Waals surface area contributed by atoms with E-state index in [2.05, 4.69) is 4.74 Å². The van der Waals surface area contributed by atoms with Crippen molar-refractivity contribution in [3.63, 3.8) is 0 Å². The molecule has 0 fully saturated rings. The zero-order valence-electron chi connectivity index (χ0n) is 6.31. The molecule has 1 aliphatic carbocycles. The number of rotatable bonds is 2. The van der Waals surface area contributed by atoms with Crippen LogP contribution in [0.4, 0.5) is 8.78 Å². The van der Waals surface area contributed by atoms with Gasteiger partial charge in [0.05, 0.1) is 0 Å². The first-order valence-corrected chi connectivity index (χ1v) is 3.50. The highest BCUT2D eigenvalue weighted by molar-refractivity contribution is 5.21. The van der Waals surface area contributed by atoms with Gasteiger partial charge in [-0.3, -0.25) is 0 Å². The quantitative estimate of drug-likeness (QED) is 0.603. The second-order valence-corrected chi connectivity index (χ2v) is 2.51. The highest BCUT2D eigenvalue weighted by Gasteiger charge is 2.07. The molecule has 0 saturated heterocycles. The van der Waals surface area contributed by atoms with Gasteiger partial charge in [-0.25, -0.2) is 0 Å². The average molecular weight is 160 g/mol. The summed E-state index contributed by atoms with van der Waals surface area (Å²) in [6, 6.07) is 0. The maximum Gasteiger partial charge on any atom is 0.387 e. The fourth-order valence-electron chi connectivity index (χ4n) is 1.00. The normalized spacial score (nSPS) is 17.8. The summed E-state index contributed by atoms with van der Waals surface area (Å²) < 4.78 is 27.5. The van der Waals surface area contributed by atoms with Crippen LogP contribution in [0.3, 0.4) is 0 Å². The molecule has 62 valence electrons. The third-order valence-electron chi connectivity index (χ3n) is 1.50. The predicted octanol–water partition coefficient (Wildman–Crippen LogP) is 2.85. The number of hydrogen-bond acceptors (Lipinski definition) is 1. The van der Waals surface area contributed by atoms with E-state index < -0.39 is 6.61 Å². The van der Waals surface area contributed by atoms with Crippen LogP contribution in [0.15, 0.2) is 23.5 Å². The van der Waals surface area contributed by atoms with Crippen molar-refractivity contribution >= 4 is 0 Å². The molecule has 0 bridgehead atoms. The van der Waals surface area contributed by atoms with Crippen LogP contribution < -0.4 is 0 Å². The summed E-state index contributed by atoms with van der Waals surface area (Å²) in [5.74, 6) is 0.295. The molecule has 0 amide bonds. The van der Waals surface area contributed by atoms with Crippen molar-refractivity contribution in [2.75, 3.05) is 0 Å². The topological polar surface area (TPSA) is 9.23 Å². The smallest absolute Gasteiger partial charge is 0.387 e. The van der Waals surface area contributed by atoms with Crippen molar-refractivity contribution in [3.8, 4) is 0 Å². The van der Waals surface area contributed by atoms with Gasteiger partial charge in [-0.2, -0.15) is 8.78 Å². The summed E-state index contributed by atoms with van der Waals surface area (Å²) in [6.45, 7) is -0.801. The van der Waals surface area contributed by atoms with Crippen LogP contribution in [0, 0.1) is 0 Å². The molecule has 0 spiro atoms. The van der Waals surface area contributed by atoms with E-state index in [1.165, 1.54) is 0 Å². The van der Waals surface area contributed by atoms with Gasteiger partial charge >= 0.3 is 6.61 Å². The first kappa shape index (κ1) is 8.24. The second kappa shape index (κ2) is 3.51. The Labute approximate surface area is 64.4 Å². The Balaban J connectivity index is 2.52. The molecule has 0 heterocycles. The third kappa shape index (κ3) is 2.70. The van der Waals surface area contributed by atoms with Gasteiger partial charge in [-0.15, -0.1) is 0 Å². The van der Waals surface area contributed by atoms with Crippen molar-refractivity contribution in [2.45, 2.75) is 26.4 Å². The minimum absolute atomic E-state index is 0.295. The van der Waals surface area contributed by atoms with Gasteiger partial charge in [0.1, 0.15) is 5.76 Å². The SMILES string of the molecule is CC1=CC(OC(F)F)=CCC1. The summed E-state index contributed by atoms with van der Waals surface area (Å²) in [4.78, 5) is 0. The molecule has 0 radical (unpaired) electrons. The van der Waals surface area contributed by atoms with E-state index in [9.17, 15) is 8.78 Å². The molecule has 0 aromatic carbocycles. The van der Waals surface area contributed by atoms with Gasteiger partial charge in [-0.05, 0) is 31.9 Å². The monoisotopic (exact) mass is 160 g/mol. The standard InChI is InChI=1S/C8H10F2O/c1-6-3-2-4-7(5-6)11-8(9)10/h4-5,8H,2-3H2,1H3. The Bertz CT molecular complexity index is 194. The van der Waals surface area contributed by atoms with Crippen LogP contribution in [0.2, 0.25) is 0 Å². The van der Waals surface area contributed by atoms with Crippen LogP contribution in [0.1, 0.15) is 19.8 Å². The van der Waals surface area contributed by atoms with E-state index in [4.69, 9.17) is 0 Å². The van der Waals surface area contributed by atoms with Gasteiger partial charge < -0.3 is 4.74 Å². The molecule has 0 unspecified atom stereocenters. The van der Waals surface area contributed by atoms with Crippen molar-refractivity contribution < 1.29 is 13.5 Å². The number of hydrogen-bond donors (Lipinski definition) is 0. The number of alkyl halides is 2. The Hall–Kier alpha value is -0.860. The molecule has 1 aliphatic rings. The first-order valence-electron chi connectivity index (χ1n) is 3.50. The molecule has 0 aliphatic heterocycles. The van der Waals surface area contributed by atoms with Crippen molar-refractivity contribution in [1.29, 1.82) is 0 Å². The van der Waals surface area contributed by atoms with Crippen molar-refractivity contribution in [1.82, 2.24) is 0 Å². The molecule has 0 aromatic rings. The number of halogens is 2. The lowest BCUT2D eigenvalue weighted by molar-refractivity contribution is -0.0925. The lowest BCUT2D eigenvalue weighted by atomic mass is 10.1. The van der Waals surface area contributed by atoms with E-state index in [0.29, 0.717) is 5.76 Å². The fourth-order valence-corrected chi connectivity index (χ4v) is 1.00. The summed E-state index contributed by atoms with van der Waals surface area (Å²) in [5, 5.41) is 0. The van der Waals surface area contributed by atoms with Gasteiger partial charge in [0, 0.05) is 0 Å². The van der Waals surface area contributed by atoms with E-state index >= 15 is 0 Å². The largest absolute Gasteiger partial charge is 0.435 e. The van der Waals surface area contributed by atoms with Crippen molar-refractivity contribution in [3.05, 3.63) is 23.5 Å². The predicted molar refractivity (Wildman–Crippen MR) is 38.2 cm³/mol. The summed E-state index contributed by atoms with van der Waals surface area (Å²) >= 11 is 0. The molecule has 0 aromatic heterocycles. The highest BCUT2D eigenvalue weighted by atomic mass is 19.3. The maximum absolute atomic E-state index is 11.7.